The topological polar surface area (TPSA) is 112 Å². The molecule has 1 saturated heterocycles. The van der Waals surface area contributed by atoms with Gasteiger partial charge in [-0.05, 0) is 94.2 Å². The van der Waals surface area contributed by atoms with E-state index in [1.807, 2.05) is 14.0 Å². The molecule has 1 amide bonds. The molecular weight excluding hydrogens is 705 g/mol. The van der Waals surface area contributed by atoms with Gasteiger partial charge >= 0.3 is 0 Å². The molecule has 1 aliphatic heterocycles. The standard InChI is InChI=1S/C27H41N3O.C14H28N2O.C5H13N.C3H8/c1-6-8-13-22(17-23(31)7-2)29-19(3)25-24-16-21(24)18-30(25)20(4)26(28)27(5)14-11-9-10-12-15-27;1-7-10-15-13(17)9-8-12(14(4,5)6)16-11(2)3;1-3-4-5-6-2;1-3-2/h1,7,21-22,24-26,29H,2-4,8-18,28H2,5H3;12,16H,2,7-10H2,1,3-6H3,(H,15,17);6H,3-5H2,1-2H3;3H2,1-2H3/t21-,22?,24-,25?,26?;;;/m0.../s1. The molecule has 8 heteroatoms. The smallest absolute Gasteiger partial charge is 0.220 e. The molecule has 0 bridgehead atoms. The third-order valence-electron chi connectivity index (χ3n) is 11.4. The Hall–Kier alpha value is -3.02. The maximum Gasteiger partial charge on any atom is 0.220 e. The molecule has 0 radical (unpaired) electrons. The number of amides is 1. The first kappa shape index (κ1) is 54.0. The Bertz CT molecular complexity index is 1230. The lowest BCUT2D eigenvalue weighted by atomic mass is 9.74. The zero-order valence-corrected chi connectivity index (χ0v) is 38.7. The molecule has 1 heterocycles. The molecule has 3 rings (SSSR count). The fourth-order valence-electron chi connectivity index (χ4n) is 7.79. The Labute approximate surface area is 352 Å². The molecule has 3 aliphatic rings. The lowest BCUT2D eigenvalue weighted by molar-refractivity contribution is -0.121. The van der Waals surface area contributed by atoms with Crippen LogP contribution in [-0.4, -0.2) is 67.4 Å². The number of carbonyl (C=O) groups excluding carboxylic acids is 2. The molecule has 57 heavy (non-hydrogen) atoms. The van der Waals surface area contributed by atoms with Gasteiger partial charge in [0.2, 0.25) is 5.91 Å². The summed E-state index contributed by atoms with van der Waals surface area (Å²) in [6, 6.07) is 0.436. The Morgan fingerprint density at radius 3 is 2.09 bits per heavy atom. The van der Waals surface area contributed by atoms with E-state index in [1.165, 1.54) is 70.3 Å². The van der Waals surface area contributed by atoms with E-state index in [1.54, 1.807) is 0 Å². The van der Waals surface area contributed by atoms with Gasteiger partial charge in [0.05, 0.1) is 6.04 Å². The number of ketones is 1. The van der Waals surface area contributed by atoms with Gasteiger partial charge in [-0.25, -0.2) is 0 Å². The average Bonchev–Trinajstić information content (AvgIpc) is 3.88. The van der Waals surface area contributed by atoms with Crippen LogP contribution in [0.3, 0.4) is 0 Å². The molecule has 6 atom stereocenters. The number of likely N-dealkylation sites (tertiary alicyclic amines) is 1. The van der Waals surface area contributed by atoms with E-state index >= 15 is 0 Å². The highest BCUT2D eigenvalue weighted by Crippen LogP contribution is 2.53. The van der Waals surface area contributed by atoms with Crippen LogP contribution in [0.2, 0.25) is 0 Å². The molecule has 0 aromatic rings. The van der Waals surface area contributed by atoms with E-state index in [0.29, 0.717) is 31.1 Å². The minimum atomic E-state index is -0.0296. The summed E-state index contributed by atoms with van der Waals surface area (Å²) in [4.78, 5) is 26.0. The largest absolute Gasteiger partial charge is 0.386 e. The van der Waals surface area contributed by atoms with E-state index in [9.17, 15) is 9.59 Å². The maximum absolute atomic E-state index is 12.0. The molecule has 0 spiro atoms. The normalized spacial score (nSPS) is 20.6. The minimum absolute atomic E-state index is 0.0185. The van der Waals surface area contributed by atoms with Gasteiger partial charge in [0.1, 0.15) is 0 Å². The number of nitrogens with zero attached hydrogens (tertiary/aromatic N) is 1. The van der Waals surface area contributed by atoms with E-state index in [2.05, 4.69) is 114 Å². The van der Waals surface area contributed by atoms with Gasteiger partial charge in [0.25, 0.3) is 0 Å². The number of hydrogen-bond acceptors (Lipinski definition) is 7. The van der Waals surface area contributed by atoms with E-state index in [0.717, 1.165) is 56.0 Å². The van der Waals surface area contributed by atoms with Crippen molar-refractivity contribution in [3.63, 3.8) is 0 Å². The lowest BCUT2D eigenvalue weighted by Gasteiger charge is -2.42. The van der Waals surface area contributed by atoms with Crippen molar-refractivity contribution >= 4 is 11.7 Å². The van der Waals surface area contributed by atoms with Crippen LogP contribution in [0, 0.1) is 35.0 Å². The van der Waals surface area contributed by atoms with Gasteiger partial charge in [-0.2, -0.15) is 0 Å². The monoisotopic (exact) mass is 795 g/mol. The van der Waals surface area contributed by atoms with Crippen LogP contribution >= 0.6 is 0 Å². The van der Waals surface area contributed by atoms with E-state index < -0.39 is 0 Å². The van der Waals surface area contributed by atoms with Crippen LogP contribution in [-0.2, 0) is 9.59 Å². The molecule has 2 saturated carbocycles. The van der Waals surface area contributed by atoms with Crippen molar-refractivity contribution < 1.29 is 9.59 Å². The summed E-state index contributed by atoms with van der Waals surface area (Å²) in [6.45, 7) is 38.7. The van der Waals surface area contributed by atoms with Crippen LogP contribution < -0.4 is 27.0 Å². The quantitative estimate of drug-likeness (QED) is 0.0341. The zero-order chi connectivity index (χ0) is 43.6. The number of piperidine rings is 1. The molecule has 0 aromatic carbocycles. The maximum atomic E-state index is 12.0. The third-order valence-corrected chi connectivity index (χ3v) is 11.4. The first-order valence-electron chi connectivity index (χ1n) is 22.5. The summed E-state index contributed by atoms with van der Waals surface area (Å²) in [7, 11) is 1.98. The summed E-state index contributed by atoms with van der Waals surface area (Å²) < 4.78 is 0. The van der Waals surface area contributed by atoms with Crippen molar-refractivity contribution in [2.75, 3.05) is 26.7 Å². The van der Waals surface area contributed by atoms with E-state index in [-0.39, 0.29) is 46.7 Å². The molecular formula is C49H90N6O2. The Kier molecular flexibility index (Phi) is 27.7. The number of carbonyl (C=O) groups is 2. The van der Waals surface area contributed by atoms with Crippen LogP contribution in [0.15, 0.2) is 49.5 Å². The number of fused-ring (bicyclic) bond motifs is 1. The molecule has 4 unspecified atom stereocenters. The first-order valence-corrected chi connectivity index (χ1v) is 22.5. The second kappa shape index (κ2) is 29.2. The van der Waals surface area contributed by atoms with Crippen LogP contribution in [0.5, 0.6) is 0 Å². The Balaban J connectivity index is 0.00000101. The predicted octanol–water partition coefficient (Wildman–Crippen LogP) is 9.79. The number of rotatable bonds is 21. The third kappa shape index (κ3) is 21.5. The molecule has 0 aromatic heterocycles. The van der Waals surface area contributed by atoms with Crippen molar-refractivity contribution in [2.24, 2.45) is 28.4 Å². The summed E-state index contributed by atoms with van der Waals surface area (Å²) in [6.07, 6.45) is 23.6. The molecule has 328 valence electrons. The summed E-state index contributed by atoms with van der Waals surface area (Å²) >= 11 is 0. The van der Waals surface area contributed by atoms with Crippen molar-refractivity contribution in [1.82, 2.24) is 26.2 Å². The van der Waals surface area contributed by atoms with Gasteiger partial charge in [0, 0.05) is 67.6 Å². The highest BCUT2D eigenvalue weighted by molar-refractivity contribution is 5.89. The van der Waals surface area contributed by atoms with Gasteiger partial charge in [0.15, 0.2) is 5.78 Å². The molecule has 2 aliphatic carbocycles. The fourth-order valence-corrected chi connectivity index (χ4v) is 7.79. The SMILES string of the molecule is C#CCCC(CC(=O)C=C)NC(=C)C1[C@H]2C[C@H]2CN1C(=C)C(N)C1(C)CCCCCC1.C=C(C)NC(CCC(=O)NCCC)C(C)(C)C.CCC.CCCCNC. The van der Waals surface area contributed by atoms with Crippen molar-refractivity contribution in [1.29, 1.82) is 0 Å². The van der Waals surface area contributed by atoms with Crippen LogP contribution in [0.4, 0.5) is 0 Å². The number of nitrogens with two attached hydrogens (primary N) is 1. The summed E-state index contributed by atoms with van der Waals surface area (Å²) in [5.74, 6) is 4.17. The van der Waals surface area contributed by atoms with Crippen molar-refractivity contribution in [3.8, 4) is 12.3 Å². The lowest BCUT2D eigenvalue weighted by Crippen LogP contribution is -2.49. The van der Waals surface area contributed by atoms with Gasteiger partial charge in [-0.3, -0.25) is 9.59 Å². The zero-order valence-electron chi connectivity index (χ0n) is 38.7. The summed E-state index contributed by atoms with van der Waals surface area (Å²) in [5, 5.41) is 12.9. The summed E-state index contributed by atoms with van der Waals surface area (Å²) in [5.41, 5.74) is 10.1. The first-order chi connectivity index (χ1) is 26.9. The highest BCUT2D eigenvalue weighted by Gasteiger charge is 2.55. The minimum Gasteiger partial charge on any atom is -0.386 e. The van der Waals surface area contributed by atoms with Crippen LogP contribution in [0.25, 0.3) is 0 Å². The number of nitrogens with one attached hydrogen (secondary N) is 4. The van der Waals surface area contributed by atoms with E-state index in [4.69, 9.17) is 12.2 Å². The number of terminal acetylenes is 1. The highest BCUT2D eigenvalue weighted by atomic mass is 16.1. The van der Waals surface area contributed by atoms with Crippen molar-refractivity contribution in [2.45, 2.75) is 189 Å². The second-order valence-corrected chi connectivity index (χ2v) is 18.2. The van der Waals surface area contributed by atoms with Crippen LogP contribution in [0.1, 0.15) is 165 Å². The van der Waals surface area contributed by atoms with Gasteiger partial charge in [-0.1, -0.05) is 120 Å². The molecule has 6 N–H and O–H groups in total. The fraction of sp³-hybridized carbons (Fsp3) is 0.755. The molecule has 3 fully saturated rings. The number of hydrogen-bond donors (Lipinski definition) is 5. The Morgan fingerprint density at radius 2 is 1.61 bits per heavy atom. The molecule has 8 nitrogen and oxygen atoms in total. The Morgan fingerprint density at radius 1 is 1.00 bits per heavy atom. The van der Waals surface area contributed by atoms with Gasteiger partial charge in [-0.15, -0.1) is 12.3 Å². The number of unbranched alkanes of at least 4 members (excludes halogenated alkanes) is 1. The second-order valence-electron chi connectivity index (χ2n) is 18.2. The number of allylic oxidation sites excluding steroid dienone is 2. The predicted molar refractivity (Wildman–Crippen MR) is 247 cm³/mol. The average molecular weight is 795 g/mol. The van der Waals surface area contributed by atoms with Crippen molar-refractivity contribution in [3.05, 3.63) is 49.5 Å². The van der Waals surface area contributed by atoms with Gasteiger partial charge < -0.3 is 31.9 Å².